The van der Waals surface area contributed by atoms with Crippen LogP contribution in [0.3, 0.4) is 0 Å². The van der Waals surface area contributed by atoms with Crippen molar-refractivity contribution in [2.24, 2.45) is 11.3 Å². The van der Waals surface area contributed by atoms with Crippen molar-refractivity contribution in [3.63, 3.8) is 0 Å². The van der Waals surface area contributed by atoms with E-state index in [1.54, 1.807) is 18.2 Å². The Labute approximate surface area is 238 Å². The second-order valence-electron chi connectivity index (χ2n) is 10.9. The van der Waals surface area contributed by atoms with Gasteiger partial charge in [-0.15, -0.1) is 0 Å². The van der Waals surface area contributed by atoms with Crippen molar-refractivity contribution in [3.05, 3.63) is 70.8 Å². The molecule has 2 atom stereocenters. The summed E-state index contributed by atoms with van der Waals surface area (Å²) in [6.07, 6.45) is 6.32. The van der Waals surface area contributed by atoms with Gasteiger partial charge < -0.3 is 15.0 Å². The number of fused-ring (bicyclic) bond motifs is 2. The molecule has 3 fully saturated rings. The fourth-order valence-corrected chi connectivity index (χ4v) is 5.90. The van der Waals surface area contributed by atoms with Gasteiger partial charge in [-0.25, -0.2) is 14.4 Å². The number of allylic oxidation sites excluding steroid dienone is 1. The number of carbonyl (C=O) groups excluding carboxylic acids is 1. The van der Waals surface area contributed by atoms with E-state index in [9.17, 15) is 9.18 Å². The van der Waals surface area contributed by atoms with Crippen LogP contribution in [0, 0.1) is 29.0 Å². The molecule has 40 heavy (non-hydrogen) atoms. The van der Waals surface area contributed by atoms with Crippen LogP contribution in [0.1, 0.15) is 17.5 Å². The Balaban J connectivity index is 1.31. The standard InChI is InChI=1S/C31H31ClFN5O2/c1-37-18-23-17-31(23,19-37)8-7-21-16-28-25(30(35-20-34-28)36-27-6-2-5-26(32)29(27)33)15-22(21)14-24(39)4-3-9-38-10-12-40-13-11-38/h2-6,15-16,20,23H,9-14,17-19H2,1H3,(H,34,35,36)/b4-3+. The average Bonchev–Trinajstić information content (AvgIpc) is 3.51. The summed E-state index contributed by atoms with van der Waals surface area (Å²) in [6.45, 7) is 5.93. The molecule has 2 aliphatic heterocycles. The summed E-state index contributed by atoms with van der Waals surface area (Å²) in [4.78, 5) is 26.5. The predicted molar refractivity (Wildman–Crippen MR) is 154 cm³/mol. The van der Waals surface area contributed by atoms with Gasteiger partial charge in [-0.3, -0.25) is 9.69 Å². The monoisotopic (exact) mass is 559 g/mol. The van der Waals surface area contributed by atoms with Gasteiger partial charge in [0.05, 0.1) is 29.4 Å². The van der Waals surface area contributed by atoms with Crippen molar-refractivity contribution >= 4 is 39.8 Å². The summed E-state index contributed by atoms with van der Waals surface area (Å²) < 4.78 is 20.0. The van der Waals surface area contributed by atoms with Gasteiger partial charge in [-0.1, -0.05) is 35.6 Å². The number of rotatable bonds is 7. The fourth-order valence-electron chi connectivity index (χ4n) is 5.72. The first-order valence-electron chi connectivity index (χ1n) is 13.6. The predicted octanol–water partition coefficient (Wildman–Crippen LogP) is 4.47. The molecule has 2 aromatic carbocycles. The summed E-state index contributed by atoms with van der Waals surface area (Å²) >= 11 is 5.99. The number of likely N-dealkylation sites (tertiary alicyclic amines) is 1. The fraction of sp³-hybridized carbons (Fsp3) is 0.387. The summed E-state index contributed by atoms with van der Waals surface area (Å²) in [6, 6.07) is 8.58. The minimum Gasteiger partial charge on any atom is -0.379 e. The second kappa shape index (κ2) is 11.3. The molecule has 6 rings (SSSR count). The molecule has 7 nitrogen and oxygen atoms in total. The lowest BCUT2D eigenvalue weighted by Crippen LogP contribution is -2.36. The first-order valence-corrected chi connectivity index (χ1v) is 14.0. The summed E-state index contributed by atoms with van der Waals surface area (Å²) in [5, 5.41) is 3.75. The quantitative estimate of drug-likeness (QED) is 0.338. The van der Waals surface area contributed by atoms with Crippen molar-refractivity contribution in [2.75, 3.05) is 58.3 Å². The molecule has 3 heterocycles. The second-order valence-corrected chi connectivity index (χ2v) is 11.3. The number of aromatic nitrogens is 2. The maximum Gasteiger partial charge on any atom is 0.165 e. The highest BCUT2D eigenvalue weighted by atomic mass is 35.5. The number of ketones is 1. The van der Waals surface area contributed by atoms with E-state index in [1.165, 1.54) is 12.4 Å². The first-order chi connectivity index (χ1) is 19.4. The van der Waals surface area contributed by atoms with Crippen LogP contribution in [0.15, 0.2) is 48.8 Å². The lowest BCUT2D eigenvalue weighted by atomic mass is 9.98. The molecule has 1 aliphatic carbocycles. The van der Waals surface area contributed by atoms with Crippen molar-refractivity contribution < 1.29 is 13.9 Å². The van der Waals surface area contributed by atoms with Crippen LogP contribution >= 0.6 is 11.6 Å². The Morgan fingerprint density at radius 1 is 1.30 bits per heavy atom. The molecule has 2 unspecified atom stereocenters. The molecule has 206 valence electrons. The van der Waals surface area contributed by atoms with E-state index < -0.39 is 5.82 Å². The summed E-state index contributed by atoms with van der Waals surface area (Å²) in [5.41, 5.74) is 2.51. The van der Waals surface area contributed by atoms with Crippen molar-refractivity contribution in [2.45, 2.75) is 12.8 Å². The Morgan fingerprint density at radius 3 is 2.95 bits per heavy atom. The molecule has 0 radical (unpaired) electrons. The van der Waals surface area contributed by atoms with Crippen LogP contribution in [0.5, 0.6) is 0 Å². The van der Waals surface area contributed by atoms with Crippen LogP contribution < -0.4 is 5.32 Å². The maximum absolute atomic E-state index is 14.6. The Morgan fingerprint density at radius 2 is 2.15 bits per heavy atom. The minimum atomic E-state index is -0.556. The Bertz CT molecular complexity index is 1540. The third-order valence-electron chi connectivity index (χ3n) is 7.96. The van der Waals surface area contributed by atoms with Crippen LogP contribution in [-0.2, 0) is 16.0 Å². The van der Waals surface area contributed by atoms with Gasteiger partial charge in [0.15, 0.2) is 11.6 Å². The number of ether oxygens (including phenoxy) is 1. The third-order valence-corrected chi connectivity index (χ3v) is 8.25. The van der Waals surface area contributed by atoms with Crippen molar-refractivity contribution in [3.8, 4) is 11.8 Å². The highest BCUT2D eigenvalue weighted by Crippen LogP contribution is 2.56. The molecule has 3 aromatic rings. The minimum absolute atomic E-state index is 0.00837. The van der Waals surface area contributed by atoms with E-state index >= 15 is 0 Å². The number of hydrogen-bond acceptors (Lipinski definition) is 7. The molecule has 9 heteroatoms. The normalized spacial score (nSPS) is 22.7. The van der Waals surface area contributed by atoms with Gasteiger partial charge in [0.25, 0.3) is 0 Å². The van der Waals surface area contributed by atoms with Crippen LogP contribution in [0.2, 0.25) is 5.02 Å². The van der Waals surface area contributed by atoms with Crippen LogP contribution in [-0.4, -0.2) is 78.5 Å². The Hall–Kier alpha value is -3.35. The van der Waals surface area contributed by atoms with Gasteiger partial charge in [-0.05, 0) is 55.3 Å². The van der Waals surface area contributed by atoms with E-state index in [1.807, 2.05) is 18.2 Å². The van der Waals surface area contributed by atoms with E-state index in [0.717, 1.165) is 56.9 Å². The van der Waals surface area contributed by atoms with Gasteiger partial charge >= 0.3 is 0 Å². The number of benzene rings is 2. The molecular formula is C31H31ClFN5O2. The lowest BCUT2D eigenvalue weighted by Gasteiger charge is -2.25. The largest absolute Gasteiger partial charge is 0.379 e. The zero-order valence-corrected chi connectivity index (χ0v) is 23.2. The van der Waals surface area contributed by atoms with Gasteiger partial charge in [0.2, 0.25) is 0 Å². The van der Waals surface area contributed by atoms with E-state index in [4.69, 9.17) is 16.3 Å². The molecule has 1 N–H and O–H groups in total. The number of hydrogen-bond donors (Lipinski definition) is 1. The number of nitrogens with zero attached hydrogens (tertiary/aromatic N) is 4. The maximum atomic E-state index is 14.6. The van der Waals surface area contributed by atoms with Crippen LogP contribution in [0.4, 0.5) is 15.9 Å². The lowest BCUT2D eigenvalue weighted by molar-refractivity contribution is -0.114. The molecule has 2 saturated heterocycles. The molecule has 1 aromatic heterocycles. The molecule has 1 saturated carbocycles. The number of anilines is 2. The molecular weight excluding hydrogens is 529 g/mol. The number of morpholine rings is 1. The Kier molecular flexibility index (Phi) is 7.56. The van der Waals surface area contributed by atoms with Crippen molar-refractivity contribution in [1.82, 2.24) is 19.8 Å². The molecule has 3 aliphatic rings. The zero-order chi connectivity index (χ0) is 27.7. The van der Waals surface area contributed by atoms with E-state index in [2.05, 4.69) is 44.0 Å². The highest BCUT2D eigenvalue weighted by Gasteiger charge is 2.58. The molecule has 0 bridgehead atoms. The van der Waals surface area contributed by atoms with Gasteiger partial charge in [0.1, 0.15) is 12.1 Å². The van der Waals surface area contributed by atoms with Gasteiger partial charge in [-0.2, -0.15) is 0 Å². The first kappa shape index (κ1) is 26.9. The number of halogens is 2. The van der Waals surface area contributed by atoms with E-state index in [0.29, 0.717) is 29.2 Å². The highest BCUT2D eigenvalue weighted by molar-refractivity contribution is 6.31. The van der Waals surface area contributed by atoms with Crippen molar-refractivity contribution in [1.29, 1.82) is 0 Å². The van der Waals surface area contributed by atoms with Gasteiger partial charge in [0, 0.05) is 55.5 Å². The number of piperidine rings is 1. The van der Waals surface area contributed by atoms with Crippen LogP contribution in [0.25, 0.3) is 10.9 Å². The summed E-state index contributed by atoms with van der Waals surface area (Å²) in [5.74, 6) is 7.45. The third kappa shape index (κ3) is 5.74. The molecule has 0 spiro atoms. The molecule has 0 amide bonds. The van der Waals surface area contributed by atoms with E-state index in [-0.39, 0.29) is 28.3 Å². The average molecular weight is 560 g/mol. The topological polar surface area (TPSA) is 70.6 Å². The zero-order valence-electron chi connectivity index (χ0n) is 22.4. The smallest absolute Gasteiger partial charge is 0.165 e. The summed E-state index contributed by atoms with van der Waals surface area (Å²) in [7, 11) is 2.13. The SMILES string of the molecule is CN1CC2CC2(C#Cc2cc3ncnc(Nc4cccc(Cl)c4F)c3cc2CC(=O)/C=C/CN2CCOCC2)C1. The number of carbonyl (C=O) groups is 1. The number of nitrogens with one attached hydrogen (secondary N) is 1.